The summed E-state index contributed by atoms with van der Waals surface area (Å²) in [6.45, 7) is 8.34. The van der Waals surface area contributed by atoms with Crippen molar-refractivity contribution in [1.29, 1.82) is 0 Å². The number of likely N-dealkylation sites (N-methyl/N-ethyl adjacent to an activating group) is 3. The molecule has 0 spiro atoms. The van der Waals surface area contributed by atoms with Crippen molar-refractivity contribution in [2.24, 2.45) is 11.7 Å². The smallest absolute Gasteiger partial charge is 0.305 e. The number of nitrogens with two attached hydrogens (primary N) is 1. The number of amides is 17. The zero-order chi connectivity index (χ0) is 109. The molecular formula is C105H153N21O22S. The quantitative estimate of drug-likeness (QED) is 0.0246. The van der Waals surface area contributed by atoms with Crippen molar-refractivity contribution in [3.63, 3.8) is 0 Å². The summed E-state index contributed by atoms with van der Waals surface area (Å²) in [5, 5.41) is 74.4. The number of hydrogen-bond acceptors (Lipinski definition) is 23. The van der Waals surface area contributed by atoms with Crippen LogP contribution in [0.25, 0.3) is 21.8 Å². The van der Waals surface area contributed by atoms with Gasteiger partial charge in [0.15, 0.2) is 0 Å². The normalized spacial score (nSPS) is 23.6. The molecular weight excluding hydrogens is 1940 g/mol. The molecule has 1 unspecified atom stereocenters. The van der Waals surface area contributed by atoms with Gasteiger partial charge in [0, 0.05) is 131 Å². The number of primary amides is 1. The standard InChI is InChI=1S/C105H153N21O22S/c1-10-13-16-17-18-19-20-21-22-23-24-40-89(131)108-45-30-29-36-75-94(137)121-83(93(136)111-57-88(106)130)60-149-61-90(132)113-79(48-65-41-43-69(128)44-42-65)101(144)122(7)64(6)92(135)117-81(53-91(133)134)103(146)125-46-31-39-85(125)99(142)116-77(51-68-56-107-62-112-68)96(139)118-78(47-63(4)5)104(147)126-58-70(129)52-87(126)100(143)115-76(49-66-54-109-73-34-27-25-32-71(66)73)95(138)120-82(59-127)97(140)119-80(50-67-55-110-74-35-28-26-33-72(67)74)102(145)124(9)86(38-15-12-3)105(148)123(8)84(37-14-11-2)98(141)114-75/h25-28,32-35,41-44,54-56,62-64,70,75-87,109-110,127-129H,10-24,29-31,36-40,45-53,57-61H2,1-9H3,(H2,106,130)(H,107,112)(H,108,131)(H,111,136)(H,113,132)(H,114,141)(H,115,143)(H,116,142)(H,117,135)(H,118,139)(H,119,140)(H,120,138)(H,121,137)(H,133,134)/t64-,70+,75-,76-,77-,78?,79-,80-,81-,82-,83-,84-,85-,86-,87-/m0/s1. The van der Waals surface area contributed by atoms with E-state index in [0.717, 1.165) is 57.0 Å². The van der Waals surface area contributed by atoms with E-state index in [1.165, 1.54) is 108 Å². The molecule has 6 heterocycles. The molecule has 3 aromatic heterocycles. The van der Waals surface area contributed by atoms with E-state index >= 15 is 43.2 Å². The van der Waals surface area contributed by atoms with Crippen molar-refractivity contribution in [3.8, 4) is 5.75 Å². The molecule has 0 bridgehead atoms. The van der Waals surface area contributed by atoms with Crippen molar-refractivity contribution in [1.82, 2.24) is 103 Å². The second-order valence-electron chi connectivity index (χ2n) is 39.6. The molecule has 44 heteroatoms. The van der Waals surface area contributed by atoms with E-state index < -0.39 is 235 Å². The molecule has 0 aliphatic carbocycles. The molecule has 3 saturated heterocycles. The van der Waals surface area contributed by atoms with Crippen molar-refractivity contribution in [2.75, 3.05) is 65.4 Å². The Labute approximate surface area is 872 Å². The average Bonchev–Trinajstić information content (AvgIpc) is 1.78. The largest absolute Gasteiger partial charge is 0.508 e. The lowest BCUT2D eigenvalue weighted by Crippen LogP contribution is -2.62. The number of carboxylic acid groups (broad SMARTS) is 1. The molecule has 17 amide bonds. The van der Waals surface area contributed by atoms with Crippen LogP contribution in [0.15, 0.2) is 97.7 Å². The van der Waals surface area contributed by atoms with E-state index in [2.05, 4.69) is 85.3 Å². The summed E-state index contributed by atoms with van der Waals surface area (Å²) in [5.41, 5.74) is 8.46. The number of aliphatic hydroxyl groups is 2. The molecule has 3 aromatic carbocycles. The Balaban J connectivity index is 1.09. The number of thioether (sulfide) groups is 1. The van der Waals surface area contributed by atoms with Gasteiger partial charge in [-0.2, -0.15) is 0 Å². The summed E-state index contributed by atoms with van der Waals surface area (Å²) < 4.78 is 0. The molecule has 149 heavy (non-hydrogen) atoms. The molecule has 20 N–H and O–H groups in total. The number of aliphatic hydroxyl groups excluding tert-OH is 2. The first kappa shape index (κ1) is 119. The Hall–Kier alpha value is -13.5. The number of fused-ring (bicyclic) bond motifs is 4. The number of aliphatic carboxylic acids is 1. The summed E-state index contributed by atoms with van der Waals surface area (Å²) in [6, 6.07) is -2.49. The van der Waals surface area contributed by atoms with E-state index in [9.17, 15) is 63.6 Å². The van der Waals surface area contributed by atoms with Crippen LogP contribution < -0.4 is 64.2 Å². The number of para-hydroxylation sites is 2. The molecule has 0 saturated carbocycles. The van der Waals surface area contributed by atoms with Crippen molar-refractivity contribution < 1.29 is 107 Å². The number of H-pyrrole nitrogens is 3. The van der Waals surface area contributed by atoms with Gasteiger partial charge in [0.1, 0.15) is 90.3 Å². The van der Waals surface area contributed by atoms with E-state index in [-0.39, 0.29) is 114 Å². The van der Waals surface area contributed by atoms with E-state index in [1.54, 1.807) is 74.8 Å². The molecule has 6 aromatic rings. The van der Waals surface area contributed by atoms with Gasteiger partial charge in [-0.05, 0) is 112 Å². The Bertz CT molecular complexity index is 5510. The predicted octanol–water partition coefficient (Wildman–Crippen LogP) is 3.39. The predicted molar refractivity (Wildman–Crippen MR) is 557 cm³/mol. The SMILES string of the molecule is CCCCCCCCCCCCCC(=O)NCCCC[C@@H]1NC(=O)[C@H](CCCC)N(C)C(=O)[C@H](CCCC)N(C)C(=O)[C@H](Cc2c[nH]c3ccccc23)NC(=O)[C@H](CO)NC(=O)[C@H](Cc2c[nH]c3ccccc23)NC(=O)[C@@H]2C[C@@H](O)CN2C(=O)C(CC(C)C)NC(=O)[C@H](Cc2cnc[nH]2)NC(=O)[C@@H]2CCCN2C(=O)[C@H](CC(=O)O)NC(=O)[C@H](C)N(C)C(=O)[C@H](Cc2ccc(O)cc2)NC(=O)CSC[C@@H](C(=O)NCC(N)=O)NC1=O. The van der Waals surface area contributed by atoms with Crippen LogP contribution >= 0.6 is 11.8 Å². The maximum atomic E-state index is 15.9. The number of phenols is 1. The van der Waals surface area contributed by atoms with Gasteiger partial charge in [-0.25, -0.2) is 4.98 Å². The Morgan fingerprint density at radius 2 is 1.03 bits per heavy atom. The summed E-state index contributed by atoms with van der Waals surface area (Å²) in [4.78, 5) is 285. The molecule has 816 valence electrons. The lowest BCUT2D eigenvalue weighted by molar-refractivity contribution is -0.149. The number of aromatic nitrogens is 4. The zero-order valence-corrected chi connectivity index (χ0v) is 87.8. The number of carbonyl (C=O) groups is 18. The fourth-order valence-corrected chi connectivity index (χ4v) is 19.8. The number of aromatic hydroxyl groups is 1. The Morgan fingerprint density at radius 3 is 1.63 bits per heavy atom. The summed E-state index contributed by atoms with van der Waals surface area (Å²) in [6.07, 6.45) is 16.1. The van der Waals surface area contributed by atoms with Gasteiger partial charge in [-0.3, -0.25) is 86.3 Å². The lowest BCUT2D eigenvalue weighted by Gasteiger charge is -2.36. The third kappa shape index (κ3) is 36.2. The topological polar surface area (TPSA) is 623 Å². The van der Waals surface area contributed by atoms with Crippen molar-refractivity contribution in [3.05, 3.63) is 120 Å². The van der Waals surface area contributed by atoms with Crippen LogP contribution in [0.4, 0.5) is 0 Å². The molecule has 43 nitrogen and oxygen atoms in total. The number of imidazole rings is 1. The second-order valence-corrected chi connectivity index (χ2v) is 40.6. The zero-order valence-electron chi connectivity index (χ0n) is 86.9. The van der Waals surface area contributed by atoms with Crippen LogP contribution in [0.1, 0.15) is 231 Å². The first-order valence-electron chi connectivity index (χ1n) is 52.2. The minimum Gasteiger partial charge on any atom is -0.508 e. The van der Waals surface area contributed by atoms with Crippen LogP contribution in [0, 0.1) is 5.92 Å². The van der Waals surface area contributed by atoms with Crippen molar-refractivity contribution in [2.45, 2.75) is 325 Å². The van der Waals surface area contributed by atoms with Gasteiger partial charge in [-0.15, -0.1) is 11.8 Å². The summed E-state index contributed by atoms with van der Waals surface area (Å²) in [5.74, 6) is -18.4. The maximum absolute atomic E-state index is 15.9. The van der Waals surface area contributed by atoms with Crippen LogP contribution in [-0.4, -0.2) is 327 Å². The summed E-state index contributed by atoms with van der Waals surface area (Å²) >= 11 is 0.773. The number of aromatic amines is 3. The maximum Gasteiger partial charge on any atom is 0.305 e. The highest BCUT2D eigenvalue weighted by molar-refractivity contribution is 8.00. The molecule has 9 rings (SSSR count). The third-order valence-electron chi connectivity index (χ3n) is 27.6. The highest BCUT2D eigenvalue weighted by atomic mass is 32.2. The van der Waals surface area contributed by atoms with Crippen molar-refractivity contribution >= 4 is 140 Å². The van der Waals surface area contributed by atoms with Gasteiger partial charge in [0.25, 0.3) is 0 Å². The molecule has 3 aliphatic heterocycles. The second kappa shape index (κ2) is 60.2. The van der Waals surface area contributed by atoms with Crippen LogP contribution in [-0.2, 0) is 112 Å². The molecule has 3 fully saturated rings. The lowest BCUT2D eigenvalue weighted by atomic mass is 10.00. The van der Waals surface area contributed by atoms with E-state index in [0.29, 0.717) is 76.3 Å². The van der Waals surface area contributed by atoms with Gasteiger partial charge >= 0.3 is 5.97 Å². The van der Waals surface area contributed by atoms with Gasteiger partial charge in [-0.1, -0.05) is 173 Å². The van der Waals surface area contributed by atoms with Crippen LogP contribution in [0.5, 0.6) is 5.75 Å². The number of nitrogens with one attached hydrogen (secondary N) is 14. The van der Waals surface area contributed by atoms with Gasteiger partial charge in [0.05, 0.1) is 37.8 Å². The Kier molecular flexibility index (Phi) is 48.1. The fourth-order valence-electron chi connectivity index (χ4n) is 19.0. The number of benzene rings is 3. The number of hydrogen-bond donors (Lipinski definition) is 19. The first-order valence-corrected chi connectivity index (χ1v) is 53.4. The Morgan fingerprint density at radius 1 is 0.510 bits per heavy atom. The summed E-state index contributed by atoms with van der Waals surface area (Å²) in [7, 11) is 3.93. The average molecular weight is 2090 g/mol. The number of phenolic OH excluding ortho intramolecular Hbond substituents is 1. The number of nitrogens with zero attached hydrogens (tertiary/aromatic N) is 6. The van der Waals surface area contributed by atoms with Gasteiger partial charge < -0.3 is 124 Å². The van der Waals surface area contributed by atoms with E-state index in [4.69, 9.17) is 5.73 Å². The van der Waals surface area contributed by atoms with Gasteiger partial charge in [0.2, 0.25) is 100 Å². The minimum absolute atomic E-state index is 0.00946. The number of carbonyl (C=O) groups excluding carboxylic acids is 17. The third-order valence-corrected chi connectivity index (χ3v) is 28.6. The minimum atomic E-state index is -1.91. The first-order chi connectivity index (χ1) is 71.3. The van der Waals surface area contributed by atoms with Crippen LogP contribution in [0.2, 0.25) is 0 Å². The fraction of sp³-hybridized carbons (Fsp3) is 0.590. The highest BCUT2D eigenvalue weighted by Crippen LogP contribution is 2.29. The number of rotatable bonds is 39. The number of carboxylic acids is 1. The molecule has 3 aliphatic rings. The molecule has 0 radical (unpaired) electrons. The van der Waals surface area contributed by atoms with E-state index in [1.807, 2.05) is 13.8 Å². The van der Waals surface area contributed by atoms with Crippen LogP contribution in [0.3, 0.4) is 0 Å². The molecule has 15 atom stereocenters. The number of unbranched alkanes of at least 4 members (excludes halogenated alkanes) is 13. The highest BCUT2D eigenvalue weighted by Gasteiger charge is 2.47. The monoisotopic (exact) mass is 2090 g/mol.